The van der Waals surface area contributed by atoms with Gasteiger partial charge in [0.2, 0.25) is 12.8 Å². The van der Waals surface area contributed by atoms with Gasteiger partial charge in [-0.25, -0.2) is 0 Å². The van der Waals surface area contributed by atoms with Crippen molar-refractivity contribution in [3.05, 3.63) is 0 Å². The molecule has 0 radical (unpaired) electrons. The second-order valence-electron chi connectivity index (χ2n) is 2.26. The molecule has 0 spiro atoms. The minimum atomic E-state index is 0.0210. The molecule has 2 amide bonds. The molecule has 0 unspecified atom stereocenters. The molecule has 0 saturated heterocycles. The zero-order valence-corrected chi connectivity index (χ0v) is 6.44. The number of carbonyl (C=O) groups is 2. The first-order valence-corrected chi connectivity index (χ1v) is 3.05. The lowest BCUT2D eigenvalue weighted by molar-refractivity contribution is -0.147. The van der Waals surface area contributed by atoms with Crippen LogP contribution in [0.15, 0.2) is 0 Å². The van der Waals surface area contributed by atoms with E-state index in [1.165, 1.54) is 17.1 Å². The summed E-state index contributed by atoms with van der Waals surface area (Å²) in [7, 11) is 1.53. The number of hydrazine groups is 1. The van der Waals surface area contributed by atoms with Crippen LogP contribution in [0, 0.1) is 0 Å². The number of rotatable bonds is 4. The van der Waals surface area contributed by atoms with Gasteiger partial charge >= 0.3 is 0 Å². The second-order valence-corrected chi connectivity index (χ2v) is 2.26. The quantitative estimate of drug-likeness (QED) is 0.407. The topological polar surface area (TPSA) is 40.6 Å². The molecule has 10 heavy (non-hydrogen) atoms. The second kappa shape index (κ2) is 3.87. The van der Waals surface area contributed by atoms with Gasteiger partial charge in [-0.3, -0.25) is 19.6 Å². The molecule has 58 valence electrons. The molecule has 0 heterocycles. The lowest BCUT2D eigenvalue weighted by Gasteiger charge is -2.27. The summed E-state index contributed by atoms with van der Waals surface area (Å²) in [5.41, 5.74) is 0. The van der Waals surface area contributed by atoms with E-state index in [2.05, 4.69) is 0 Å². The molecule has 0 bridgehead atoms. The van der Waals surface area contributed by atoms with Crippen molar-refractivity contribution in [3.63, 3.8) is 0 Å². The van der Waals surface area contributed by atoms with Crippen LogP contribution in [0.4, 0.5) is 0 Å². The molecule has 0 aromatic carbocycles. The number of hydrogen-bond acceptors (Lipinski definition) is 2. The van der Waals surface area contributed by atoms with Crippen molar-refractivity contribution >= 4 is 12.8 Å². The van der Waals surface area contributed by atoms with Crippen molar-refractivity contribution in [2.75, 3.05) is 7.05 Å². The third kappa shape index (κ3) is 2.05. The summed E-state index contributed by atoms with van der Waals surface area (Å²) >= 11 is 0. The minimum absolute atomic E-state index is 0.0210. The summed E-state index contributed by atoms with van der Waals surface area (Å²) in [6, 6.07) is 0.0210. The fourth-order valence-corrected chi connectivity index (χ4v) is 0.615. The molecule has 0 saturated carbocycles. The van der Waals surface area contributed by atoms with Crippen LogP contribution in [-0.4, -0.2) is 35.9 Å². The first-order valence-electron chi connectivity index (χ1n) is 3.05. The average molecular weight is 144 g/mol. The summed E-state index contributed by atoms with van der Waals surface area (Å²) < 4.78 is 0. The van der Waals surface area contributed by atoms with Crippen molar-refractivity contribution in [1.29, 1.82) is 0 Å². The van der Waals surface area contributed by atoms with E-state index in [4.69, 9.17) is 0 Å². The zero-order valence-electron chi connectivity index (χ0n) is 6.44. The van der Waals surface area contributed by atoms with Gasteiger partial charge < -0.3 is 0 Å². The van der Waals surface area contributed by atoms with Gasteiger partial charge in [-0.1, -0.05) is 0 Å². The van der Waals surface area contributed by atoms with E-state index in [1.54, 1.807) is 0 Å². The fourth-order valence-electron chi connectivity index (χ4n) is 0.615. The van der Waals surface area contributed by atoms with Gasteiger partial charge in [-0.05, 0) is 13.8 Å². The smallest absolute Gasteiger partial charge is 0.228 e. The van der Waals surface area contributed by atoms with E-state index in [1.807, 2.05) is 13.8 Å². The predicted molar refractivity (Wildman–Crippen MR) is 36.9 cm³/mol. The van der Waals surface area contributed by atoms with Gasteiger partial charge in [0.05, 0.1) is 0 Å². The Morgan fingerprint density at radius 2 is 1.70 bits per heavy atom. The Bertz CT molecular complexity index is 125. The molecule has 0 aromatic rings. The molecule has 4 nitrogen and oxygen atoms in total. The lowest BCUT2D eigenvalue weighted by Crippen LogP contribution is -2.42. The molecule has 0 fully saturated rings. The predicted octanol–water partition coefficient (Wildman–Crippen LogP) is -0.144. The minimum Gasteiger partial charge on any atom is -0.277 e. The van der Waals surface area contributed by atoms with Gasteiger partial charge in [0.25, 0.3) is 0 Å². The first-order chi connectivity index (χ1) is 4.63. The third-order valence-electron chi connectivity index (χ3n) is 1.15. The van der Waals surface area contributed by atoms with E-state index in [0.29, 0.717) is 12.8 Å². The Labute approximate surface area is 60.4 Å². The van der Waals surface area contributed by atoms with E-state index >= 15 is 0 Å². The monoisotopic (exact) mass is 144 g/mol. The van der Waals surface area contributed by atoms with Gasteiger partial charge in [0.15, 0.2) is 0 Å². The van der Waals surface area contributed by atoms with Crippen LogP contribution >= 0.6 is 0 Å². The molecular weight excluding hydrogens is 132 g/mol. The highest BCUT2D eigenvalue weighted by Crippen LogP contribution is 1.94. The van der Waals surface area contributed by atoms with E-state index < -0.39 is 0 Å². The van der Waals surface area contributed by atoms with Crippen LogP contribution in [0.5, 0.6) is 0 Å². The van der Waals surface area contributed by atoms with Crippen molar-refractivity contribution in [1.82, 2.24) is 10.0 Å². The maximum absolute atomic E-state index is 10.3. The normalized spacial score (nSPS) is 9.20. The molecule has 0 rings (SSSR count). The molecular formula is C6H12N2O2. The lowest BCUT2D eigenvalue weighted by atomic mass is 10.4. The summed E-state index contributed by atoms with van der Waals surface area (Å²) in [6.45, 7) is 3.66. The molecule has 0 atom stereocenters. The molecule has 0 aliphatic heterocycles. The summed E-state index contributed by atoms with van der Waals surface area (Å²) in [4.78, 5) is 20.4. The van der Waals surface area contributed by atoms with Crippen molar-refractivity contribution in [2.24, 2.45) is 0 Å². The van der Waals surface area contributed by atoms with Gasteiger partial charge in [0.1, 0.15) is 0 Å². The average Bonchev–Trinajstić information content (AvgIpc) is 1.88. The molecule has 0 aromatic heterocycles. The SMILES string of the molecule is CC(C)N(C=O)N(C)C=O. The fraction of sp³-hybridized carbons (Fsp3) is 0.667. The van der Waals surface area contributed by atoms with E-state index in [0.717, 1.165) is 0 Å². The highest BCUT2D eigenvalue weighted by molar-refractivity contribution is 5.54. The van der Waals surface area contributed by atoms with Crippen molar-refractivity contribution in [3.8, 4) is 0 Å². The number of hydrogen-bond donors (Lipinski definition) is 0. The highest BCUT2D eigenvalue weighted by atomic mass is 16.2. The Kier molecular flexibility index (Phi) is 3.46. The van der Waals surface area contributed by atoms with Crippen LogP contribution in [0.1, 0.15) is 13.8 Å². The van der Waals surface area contributed by atoms with Crippen LogP contribution in [-0.2, 0) is 9.59 Å². The Balaban J connectivity index is 4.04. The molecule has 0 aliphatic carbocycles. The third-order valence-corrected chi connectivity index (χ3v) is 1.15. The molecule has 0 N–H and O–H groups in total. The number of amides is 2. The summed E-state index contributed by atoms with van der Waals surface area (Å²) in [6.07, 6.45) is 1.22. The van der Waals surface area contributed by atoms with Crippen molar-refractivity contribution in [2.45, 2.75) is 19.9 Å². The highest BCUT2D eigenvalue weighted by Gasteiger charge is 2.09. The van der Waals surface area contributed by atoms with Crippen LogP contribution in [0.2, 0.25) is 0 Å². The maximum atomic E-state index is 10.3. The van der Waals surface area contributed by atoms with Crippen molar-refractivity contribution < 1.29 is 9.59 Å². The molecule has 4 heteroatoms. The van der Waals surface area contributed by atoms with E-state index in [9.17, 15) is 9.59 Å². The van der Waals surface area contributed by atoms with E-state index in [-0.39, 0.29) is 6.04 Å². The van der Waals surface area contributed by atoms with Gasteiger partial charge in [0, 0.05) is 13.1 Å². The number of nitrogens with zero attached hydrogens (tertiary/aromatic N) is 2. The Morgan fingerprint density at radius 3 is 1.80 bits per heavy atom. The maximum Gasteiger partial charge on any atom is 0.228 e. The first kappa shape index (κ1) is 8.94. The van der Waals surface area contributed by atoms with Gasteiger partial charge in [-0.15, -0.1) is 0 Å². The van der Waals surface area contributed by atoms with Crippen LogP contribution in [0.25, 0.3) is 0 Å². The Morgan fingerprint density at radius 1 is 1.20 bits per heavy atom. The summed E-state index contributed by atoms with van der Waals surface area (Å²) in [5, 5.41) is 2.50. The Hall–Kier alpha value is -1.06. The molecule has 0 aliphatic rings. The van der Waals surface area contributed by atoms with Crippen LogP contribution < -0.4 is 0 Å². The standard InChI is InChI=1S/C6H12N2O2/c1-6(2)8(5-10)7(3)4-9/h4-6H,1-3H3. The zero-order chi connectivity index (χ0) is 8.15. The summed E-state index contributed by atoms with van der Waals surface area (Å²) in [5.74, 6) is 0. The number of carbonyl (C=O) groups excluding carboxylic acids is 2. The van der Waals surface area contributed by atoms with Crippen LogP contribution in [0.3, 0.4) is 0 Å². The largest absolute Gasteiger partial charge is 0.277 e. The van der Waals surface area contributed by atoms with Gasteiger partial charge in [-0.2, -0.15) is 0 Å².